The highest BCUT2D eigenvalue weighted by Crippen LogP contribution is 1.96. The van der Waals surface area contributed by atoms with Gasteiger partial charge in [-0.15, -0.1) is 0 Å². The first-order valence-electron chi connectivity index (χ1n) is 6.86. The van der Waals surface area contributed by atoms with E-state index in [9.17, 15) is 0 Å². The number of hydrogen-bond acceptors (Lipinski definition) is 2. The summed E-state index contributed by atoms with van der Waals surface area (Å²) in [5, 5.41) is 6.60. The summed E-state index contributed by atoms with van der Waals surface area (Å²) in [7, 11) is 1.72. The Bertz CT molecular complexity index is 184. The molecule has 0 aliphatic heterocycles. The van der Waals surface area contributed by atoms with Crippen LogP contribution in [0.15, 0.2) is 4.99 Å². The molecule has 0 heterocycles. The van der Waals surface area contributed by atoms with Gasteiger partial charge in [0.05, 0.1) is 0 Å². The van der Waals surface area contributed by atoms with Gasteiger partial charge in [-0.1, -0.05) is 26.2 Å². The van der Waals surface area contributed by atoms with E-state index in [1.165, 1.54) is 25.7 Å². The highest BCUT2D eigenvalue weighted by molar-refractivity contribution is 5.79. The minimum absolute atomic E-state index is 0.777. The number of nitrogens with zero attached hydrogens (tertiary/aromatic N) is 1. The van der Waals surface area contributed by atoms with Crippen molar-refractivity contribution in [1.29, 1.82) is 0 Å². The number of nitrogens with one attached hydrogen (secondary N) is 2. The lowest BCUT2D eigenvalue weighted by atomic mass is 10.2. The van der Waals surface area contributed by atoms with E-state index in [1.807, 2.05) is 0 Å². The summed E-state index contributed by atoms with van der Waals surface area (Å²) in [4.78, 5) is 4.48. The highest BCUT2D eigenvalue weighted by atomic mass is 16.5. The SMILES string of the molecule is CCCCCCNC(=NCCCOC)NCC. The van der Waals surface area contributed by atoms with Crippen molar-refractivity contribution in [3.05, 3.63) is 0 Å². The van der Waals surface area contributed by atoms with Crippen molar-refractivity contribution in [2.24, 2.45) is 4.99 Å². The number of guanidine groups is 1. The zero-order valence-electron chi connectivity index (χ0n) is 11.7. The molecule has 17 heavy (non-hydrogen) atoms. The highest BCUT2D eigenvalue weighted by Gasteiger charge is 1.95. The Morgan fingerprint density at radius 3 is 2.53 bits per heavy atom. The van der Waals surface area contributed by atoms with Crippen LogP contribution in [0, 0.1) is 0 Å². The smallest absolute Gasteiger partial charge is 0.191 e. The molecule has 0 aromatic rings. The van der Waals surface area contributed by atoms with Crippen molar-refractivity contribution in [2.75, 3.05) is 33.4 Å². The first-order valence-corrected chi connectivity index (χ1v) is 6.86. The molecule has 4 nitrogen and oxygen atoms in total. The largest absolute Gasteiger partial charge is 0.385 e. The summed E-state index contributed by atoms with van der Waals surface area (Å²) in [6.07, 6.45) is 6.10. The zero-order valence-corrected chi connectivity index (χ0v) is 11.7. The predicted molar refractivity (Wildman–Crippen MR) is 74.6 cm³/mol. The van der Waals surface area contributed by atoms with E-state index < -0.39 is 0 Å². The van der Waals surface area contributed by atoms with Gasteiger partial charge in [0.25, 0.3) is 0 Å². The van der Waals surface area contributed by atoms with Gasteiger partial charge in [-0.3, -0.25) is 4.99 Å². The van der Waals surface area contributed by atoms with E-state index in [1.54, 1.807) is 7.11 Å². The van der Waals surface area contributed by atoms with Gasteiger partial charge < -0.3 is 15.4 Å². The third-order valence-electron chi connectivity index (χ3n) is 2.44. The molecule has 0 saturated heterocycles. The van der Waals surface area contributed by atoms with Gasteiger partial charge in [-0.25, -0.2) is 0 Å². The number of rotatable bonds is 10. The van der Waals surface area contributed by atoms with Gasteiger partial charge >= 0.3 is 0 Å². The van der Waals surface area contributed by atoms with Gasteiger partial charge in [0.1, 0.15) is 0 Å². The Hall–Kier alpha value is -0.770. The summed E-state index contributed by atoms with van der Waals surface area (Å²) >= 11 is 0. The molecular weight excluding hydrogens is 214 g/mol. The molecule has 102 valence electrons. The van der Waals surface area contributed by atoms with Crippen LogP contribution in [0.2, 0.25) is 0 Å². The topological polar surface area (TPSA) is 45.7 Å². The standard InChI is InChI=1S/C13H29N3O/c1-4-6-7-8-10-15-13(14-5-2)16-11-9-12-17-3/h4-12H2,1-3H3,(H2,14,15,16). The third kappa shape index (κ3) is 11.5. The summed E-state index contributed by atoms with van der Waals surface area (Å²) in [5.74, 6) is 0.931. The third-order valence-corrected chi connectivity index (χ3v) is 2.44. The second kappa shape index (κ2) is 13.3. The molecule has 2 N–H and O–H groups in total. The molecule has 0 unspecified atom stereocenters. The zero-order chi connectivity index (χ0) is 12.8. The molecule has 0 radical (unpaired) electrons. The first kappa shape index (κ1) is 16.2. The van der Waals surface area contributed by atoms with Crippen molar-refractivity contribution in [3.8, 4) is 0 Å². The molecule has 0 bridgehead atoms. The average molecular weight is 243 g/mol. The lowest BCUT2D eigenvalue weighted by molar-refractivity contribution is 0.197. The molecular formula is C13H29N3O. The molecule has 0 aliphatic rings. The van der Waals surface area contributed by atoms with Crippen molar-refractivity contribution in [1.82, 2.24) is 10.6 Å². The quantitative estimate of drug-likeness (QED) is 0.351. The lowest BCUT2D eigenvalue weighted by Gasteiger charge is -2.10. The van der Waals surface area contributed by atoms with Crippen LogP contribution in [0.5, 0.6) is 0 Å². The van der Waals surface area contributed by atoms with Crippen LogP contribution < -0.4 is 10.6 Å². The molecule has 0 aromatic heterocycles. The minimum Gasteiger partial charge on any atom is -0.385 e. The monoisotopic (exact) mass is 243 g/mol. The molecule has 0 spiro atoms. The van der Waals surface area contributed by atoms with E-state index >= 15 is 0 Å². The molecule has 0 fully saturated rings. The Balaban J connectivity index is 3.65. The summed E-state index contributed by atoms with van der Waals surface area (Å²) in [6.45, 7) is 7.83. The summed E-state index contributed by atoms with van der Waals surface area (Å²) < 4.78 is 5.00. The second-order valence-electron chi connectivity index (χ2n) is 4.09. The fourth-order valence-corrected chi connectivity index (χ4v) is 1.50. The number of aliphatic imine (C=N–C) groups is 1. The molecule has 0 rings (SSSR count). The first-order chi connectivity index (χ1) is 8.35. The van der Waals surface area contributed by atoms with Gasteiger partial charge in [-0.2, -0.15) is 0 Å². The fraction of sp³-hybridized carbons (Fsp3) is 0.923. The van der Waals surface area contributed by atoms with Gasteiger partial charge in [0.15, 0.2) is 5.96 Å². The Kier molecular flexibility index (Phi) is 12.7. The maximum absolute atomic E-state index is 5.00. The summed E-state index contributed by atoms with van der Waals surface area (Å²) in [5.41, 5.74) is 0. The molecule has 4 heteroatoms. The number of hydrogen-bond donors (Lipinski definition) is 2. The van der Waals surface area contributed by atoms with Crippen molar-refractivity contribution in [2.45, 2.75) is 46.0 Å². The van der Waals surface area contributed by atoms with E-state index in [0.29, 0.717) is 0 Å². The molecule has 0 saturated carbocycles. The van der Waals surface area contributed by atoms with E-state index in [-0.39, 0.29) is 0 Å². The van der Waals surface area contributed by atoms with Crippen LogP contribution in [-0.4, -0.2) is 39.3 Å². The van der Waals surface area contributed by atoms with E-state index in [4.69, 9.17) is 4.74 Å². The van der Waals surface area contributed by atoms with Gasteiger partial charge in [-0.05, 0) is 19.8 Å². The van der Waals surface area contributed by atoms with Crippen LogP contribution in [0.4, 0.5) is 0 Å². The minimum atomic E-state index is 0.777. The van der Waals surface area contributed by atoms with E-state index in [0.717, 1.165) is 38.6 Å². The van der Waals surface area contributed by atoms with Gasteiger partial charge in [0.2, 0.25) is 0 Å². The van der Waals surface area contributed by atoms with Crippen molar-refractivity contribution in [3.63, 3.8) is 0 Å². The second-order valence-corrected chi connectivity index (χ2v) is 4.09. The predicted octanol–water partition coefficient (Wildman–Crippen LogP) is 2.16. The van der Waals surface area contributed by atoms with Crippen LogP contribution in [0.25, 0.3) is 0 Å². The van der Waals surface area contributed by atoms with Crippen molar-refractivity contribution >= 4 is 5.96 Å². The maximum atomic E-state index is 5.00. The molecule has 0 atom stereocenters. The number of methoxy groups -OCH3 is 1. The van der Waals surface area contributed by atoms with Crippen molar-refractivity contribution < 1.29 is 4.74 Å². The fourth-order valence-electron chi connectivity index (χ4n) is 1.50. The number of unbranched alkanes of at least 4 members (excludes halogenated alkanes) is 3. The Morgan fingerprint density at radius 1 is 1.06 bits per heavy atom. The maximum Gasteiger partial charge on any atom is 0.191 e. The average Bonchev–Trinajstić information content (AvgIpc) is 2.34. The molecule has 0 aliphatic carbocycles. The van der Waals surface area contributed by atoms with Crippen LogP contribution >= 0.6 is 0 Å². The molecule has 0 amide bonds. The lowest BCUT2D eigenvalue weighted by Crippen LogP contribution is -2.37. The van der Waals surface area contributed by atoms with Crippen LogP contribution in [-0.2, 0) is 4.74 Å². The summed E-state index contributed by atoms with van der Waals surface area (Å²) in [6, 6.07) is 0. The van der Waals surface area contributed by atoms with Crippen LogP contribution in [0.3, 0.4) is 0 Å². The Labute approximate surface area is 106 Å². The van der Waals surface area contributed by atoms with Gasteiger partial charge in [0, 0.05) is 33.4 Å². The van der Waals surface area contributed by atoms with Crippen LogP contribution in [0.1, 0.15) is 46.0 Å². The number of ether oxygens (including phenoxy) is 1. The Morgan fingerprint density at radius 2 is 1.88 bits per heavy atom. The normalized spacial score (nSPS) is 11.6. The molecule has 0 aromatic carbocycles. The van der Waals surface area contributed by atoms with E-state index in [2.05, 4.69) is 29.5 Å².